The molecule has 0 atom stereocenters. The summed E-state index contributed by atoms with van der Waals surface area (Å²) in [5.41, 5.74) is -0.802. The zero-order chi connectivity index (χ0) is 14.4. The largest absolute Gasteiger partial charge is 0.325 e. The fourth-order valence-electron chi connectivity index (χ4n) is 2.77. The van der Waals surface area contributed by atoms with E-state index in [-0.39, 0.29) is 35.6 Å². The van der Waals surface area contributed by atoms with Crippen LogP contribution in [0.15, 0.2) is 0 Å². The SMILES string of the molecule is CC12C(N(CS)C(=O)N1CS)N(CS)C(=O)N2CS. The Balaban J connectivity index is 2.54. The van der Waals surface area contributed by atoms with E-state index in [0.29, 0.717) is 0 Å². The number of carbonyl (C=O) groups excluding carboxylic acids is 2. The van der Waals surface area contributed by atoms with Gasteiger partial charge in [-0.05, 0) is 6.92 Å². The van der Waals surface area contributed by atoms with Crippen molar-refractivity contribution in [3.8, 4) is 0 Å². The second kappa shape index (κ2) is 5.38. The van der Waals surface area contributed by atoms with Gasteiger partial charge in [-0.15, -0.1) is 0 Å². The van der Waals surface area contributed by atoms with Gasteiger partial charge >= 0.3 is 12.1 Å². The lowest BCUT2D eigenvalue weighted by Crippen LogP contribution is -2.57. The van der Waals surface area contributed by atoms with Gasteiger partial charge in [0.25, 0.3) is 0 Å². The van der Waals surface area contributed by atoms with Crippen molar-refractivity contribution in [1.29, 1.82) is 0 Å². The fourth-order valence-corrected chi connectivity index (χ4v) is 4.14. The molecule has 0 aliphatic carbocycles. The van der Waals surface area contributed by atoms with Gasteiger partial charge in [-0.1, -0.05) is 0 Å². The van der Waals surface area contributed by atoms with E-state index >= 15 is 0 Å². The lowest BCUT2D eigenvalue weighted by molar-refractivity contribution is 0.0550. The van der Waals surface area contributed by atoms with E-state index in [1.54, 1.807) is 9.80 Å². The van der Waals surface area contributed by atoms with E-state index in [1.807, 2.05) is 6.92 Å². The molecule has 6 nitrogen and oxygen atoms in total. The molecule has 0 spiro atoms. The molecule has 10 heteroatoms. The Labute approximate surface area is 134 Å². The summed E-state index contributed by atoms with van der Waals surface area (Å²) in [6, 6.07) is -0.382. The minimum atomic E-state index is -0.802. The molecule has 19 heavy (non-hydrogen) atoms. The number of urea groups is 2. The van der Waals surface area contributed by atoms with Gasteiger partial charge in [0.15, 0.2) is 11.8 Å². The van der Waals surface area contributed by atoms with Crippen molar-refractivity contribution in [1.82, 2.24) is 19.6 Å². The molecule has 2 aliphatic rings. The summed E-state index contributed by atoms with van der Waals surface area (Å²) >= 11 is 16.8. The van der Waals surface area contributed by atoms with Crippen LogP contribution < -0.4 is 0 Å². The lowest BCUT2D eigenvalue weighted by Gasteiger charge is -2.37. The van der Waals surface area contributed by atoms with Crippen molar-refractivity contribution >= 4 is 62.6 Å². The first-order valence-corrected chi connectivity index (χ1v) is 8.11. The van der Waals surface area contributed by atoms with Gasteiger partial charge in [-0.2, -0.15) is 50.5 Å². The van der Waals surface area contributed by atoms with Gasteiger partial charge < -0.3 is 0 Å². The summed E-state index contributed by atoms with van der Waals surface area (Å²) in [5.74, 6) is 0.880. The van der Waals surface area contributed by atoms with Crippen LogP contribution in [0.1, 0.15) is 6.92 Å². The number of rotatable bonds is 4. The normalized spacial score (nSPS) is 30.7. The van der Waals surface area contributed by atoms with Crippen LogP contribution in [0.3, 0.4) is 0 Å². The first kappa shape index (κ1) is 15.3. The molecule has 0 unspecified atom stereocenters. The molecule has 0 saturated carbocycles. The third-order valence-corrected chi connectivity index (χ3v) is 4.89. The highest BCUT2D eigenvalue weighted by Crippen LogP contribution is 2.43. The second-order valence-corrected chi connectivity index (χ2v) is 5.53. The maximum Gasteiger partial charge on any atom is 0.325 e. The highest BCUT2D eigenvalue weighted by Gasteiger charge is 2.66. The Morgan fingerprint density at radius 2 is 1.26 bits per heavy atom. The predicted molar refractivity (Wildman–Crippen MR) is 85.8 cm³/mol. The number of hydrogen-bond donors (Lipinski definition) is 4. The Kier molecular flexibility index (Phi) is 4.34. The standard InChI is InChI=1S/C9H16N4O2S4/c1-9-6(10(2-16)7(14)12(9)4-18)11(3-17)8(15)13(9)5-19/h6,16-19H,2-5H2,1H3. The van der Waals surface area contributed by atoms with Crippen molar-refractivity contribution < 1.29 is 9.59 Å². The monoisotopic (exact) mass is 340 g/mol. The van der Waals surface area contributed by atoms with Crippen LogP contribution in [-0.2, 0) is 0 Å². The Morgan fingerprint density at radius 3 is 1.53 bits per heavy atom. The first-order chi connectivity index (χ1) is 8.98. The fraction of sp³-hybridized carbons (Fsp3) is 0.778. The van der Waals surface area contributed by atoms with Crippen molar-refractivity contribution in [3.63, 3.8) is 0 Å². The van der Waals surface area contributed by atoms with Crippen LogP contribution in [0.4, 0.5) is 9.59 Å². The quantitative estimate of drug-likeness (QED) is 0.578. The van der Waals surface area contributed by atoms with Gasteiger partial charge in [-0.3, -0.25) is 19.6 Å². The molecule has 0 N–H and O–H groups in total. The van der Waals surface area contributed by atoms with Gasteiger partial charge in [0.2, 0.25) is 0 Å². The van der Waals surface area contributed by atoms with Crippen molar-refractivity contribution in [2.75, 3.05) is 23.5 Å². The van der Waals surface area contributed by atoms with Gasteiger partial charge in [0.1, 0.15) is 0 Å². The van der Waals surface area contributed by atoms with Gasteiger partial charge in [0, 0.05) is 0 Å². The van der Waals surface area contributed by atoms with E-state index < -0.39 is 11.8 Å². The summed E-state index contributed by atoms with van der Waals surface area (Å²) < 4.78 is 0. The van der Waals surface area contributed by atoms with E-state index in [0.717, 1.165) is 0 Å². The number of amides is 4. The van der Waals surface area contributed by atoms with Crippen LogP contribution in [0.25, 0.3) is 0 Å². The third kappa shape index (κ3) is 1.83. The number of fused-ring (bicyclic) bond motifs is 1. The molecular weight excluding hydrogens is 324 g/mol. The minimum absolute atomic E-state index is 0.191. The molecule has 108 valence electrons. The molecule has 0 aromatic rings. The Morgan fingerprint density at radius 1 is 0.895 bits per heavy atom. The molecule has 0 radical (unpaired) electrons. The van der Waals surface area contributed by atoms with E-state index in [9.17, 15) is 9.59 Å². The molecule has 2 rings (SSSR count). The molecule has 0 bridgehead atoms. The molecule has 2 fully saturated rings. The smallest absolute Gasteiger partial charge is 0.291 e. The first-order valence-electron chi connectivity index (χ1n) is 5.58. The average molecular weight is 341 g/mol. The van der Waals surface area contributed by atoms with E-state index in [4.69, 9.17) is 0 Å². The average Bonchev–Trinajstić information content (AvgIpc) is 2.72. The number of hydrogen-bond acceptors (Lipinski definition) is 6. The topological polar surface area (TPSA) is 47.1 Å². The molecule has 4 amide bonds. The highest BCUT2D eigenvalue weighted by atomic mass is 32.1. The summed E-state index contributed by atoms with van der Waals surface area (Å²) in [4.78, 5) is 30.9. The van der Waals surface area contributed by atoms with Crippen molar-refractivity contribution in [2.45, 2.75) is 18.8 Å². The lowest BCUT2D eigenvalue weighted by atomic mass is 10.1. The van der Waals surface area contributed by atoms with Crippen LogP contribution in [0.5, 0.6) is 0 Å². The Hall–Kier alpha value is -0.0600. The summed E-state index contributed by atoms with van der Waals surface area (Å²) in [5, 5.41) is 0. The zero-order valence-corrected chi connectivity index (χ0v) is 13.9. The van der Waals surface area contributed by atoms with Crippen molar-refractivity contribution in [3.05, 3.63) is 0 Å². The molecule has 0 aromatic heterocycles. The second-order valence-electron chi connectivity index (χ2n) is 4.39. The van der Waals surface area contributed by atoms with E-state index in [1.165, 1.54) is 9.80 Å². The molecule has 2 heterocycles. The maximum absolute atomic E-state index is 12.4. The van der Waals surface area contributed by atoms with E-state index in [2.05, 4.69) is 50.5 Å². The van der Waals surface area contributed by atoms with Crippen LogP contribution in [-0.4, -0.2) is 67.0 Å². The van der Waals surface area contributed by atoms with Gasteiger partial charge in [0.05, 0.1) is 23.5 Å². The summed E-state index contributed by atoms with van der Waals surface area (Å²) in [6.45, 7) is 1.84. The summed E-state index contributed by atoms with van der Waals surface area (Å²) in [7, 11) is 0. The zero-order valence-electron chi connectivity index (χ0n) is 10.3. The molecule has 0 aromatic carbocycles. The van der Waals surface area contributed by atoms with Crippen molar-refractivity contribution in [2.24, 2.45) is 0 Å². The number of nitrogens with zero attached hydrogens (tertiary/aromatic N) is 4. The predicted octanol–water partition coefficient (Wildman–Crippen LogP) is 1.05. The number of thiol groups is 4. The molecule has 2 aliphatic heterocycles. The Bertz CT molecular complexity index is 378. The number of carbonyl (C=O) groups is 2. The highest BCUT2D eigenvalue weighted by molar-refractivity contribution is 7.80. The van der Waals surface area contributed by atoms with Crippen LogP contribution in [0, 0.1) is 0 Å². The minimum Gasteiger partial charge on any atom is -0.291 e. The van der Waals surface area contributed by atoms with Crippen LogP contribution in [0.2, 0.25) is 0 Å². The molecule has 2 saturated heterocycles. The summed E-state index contributed by atoms with van der Waals surface area (Å²) in [6.07, 6.45) is -0.429. The molecular formula is C9H16N4O2S4. The van der Waals surface area contributed by atoms with Crippen LogP contribution >= 0.6 is 50.5 Å². The maximum atomic E-state index is 12.4. The van der Waals surface area contributed by atoms with Gasteiger partial charge in [-0.25, -0.2) is 9.59 Å². The third-order valence-electron chi connectivity index (χ3n) is 3.71.